The number of likely N-dealkylation sites (tertiary alicyclic amines) is 1. The van der Waals surface area contributed by atoms with Gasteiger partial charge in [0.15, 0.2) is 6.04 Å². The lowest BCUT2D eigenvalue weighted by Gasteiger charge is -2.41. The molecule has 208 valence electrons. The first-order chi connectivity index (χ1) is 18.3. The number of rotatable bonds is 4. The molecule has 1 aliphatic carbocycles. The number of amides is 3. The summed E-state index contributed by atoms with van der Waals surface area (Å²) in [6, 6.07) is 1.62. The number of nitrogens with one attached hydrogen (secondary N) is 4. The van der Waals surface area contributed by atoms with Crippen LogP contribution in [0, 0.1) is 0 Å². The Kier molecular flexibility index (Phi) is 5.43. The molecule has 0 saturated carbocycles. The van der Waals surface area contributed by atoms with E-state index in [1.54, 1.807) is 6.07 Å². The first kappa shape index (κ1) is 25.4. The Morgan fingerprint density at radius 2 is 1.92 bits per heavy atom. The zero-order valence-corrected chi connectivity index (χ0v) is 20.8. The minimum absolute atomic E-state index is 0.00286. The van der Waals surface area contributed by atoms with Crippen LogP contribution in [0.3, 0.4) is 0 Å². The van der Waals surface area contributed by atoms with E-state index in [0.29, 0.717) is 11.1 Å². The van der Waals surface area contributed by atoms with E-state index in [1.165, 1.54) is 16.7 Å². The summed E-state index contributed by atoms with van der Waals surface area (Å²) >= 11 is 0. The Morgan fingerprint density at radius 3 is 2.64 bits per heavy atom. The third-order valence-electron chi connectivity index (χ3n) is 8.50. The van der Waals surface area contributed by atoms with E-state index in [4.69, 9.17) is 11.5 Å². The summed E-state index contributed by atoms with van der Waals surface area (Å²) in [7, 11) is 0. The fourth-order valence-corrected chi connectivity index (χ4v) is 6.64. The second-order valence-electron chi connectivity index (χ2n) is 10.8. The predicted octanol–water partition coefficient (Wildman–Crippen LogP) is -4.89. The lowest BCUT2D eigenvalue weighted by atomic mass is 9.84. The van der Waals surface area contributed by atoms with Crippen molar-refractivity contribution in [1.29, 1.82) is 0 Å². The molecule has 1 aromatic carbocycles. The van der Waals surface area contributed by atoms with Crippen molar-refractivity contribution in [3.05, 3.63) is 34.9 Å². The minimum Gasteiger partial charge on any atom is -0.358 e. The number of alkyl halides is 2. The first-order valence-corrected chi connectivity index (χ1v) is 12.8. The van der Waals surface area contributed by atoms with Crippen molar-refractivity contribution in [3.63, 3.8) is 0 Å². The molecule has 3 amide bonds. The van der Waals surface area contributed by atoms with Crippen LogP contribution in [0.15, 0.2) is 18.2 Å². The highest BCUT2D eigenvalue weighted by Gasteiger charge is 2.78. The van der Waals surface area contributed by atoms with Crippen molar-refractivity contribution in [1.82, 2.24) is 20.9 Å². The average molecular weight is 549 g/mol. The van der Waals surface area contributed by atoms with Crippen LogP contribution >= 0.6 is 0 Å². The van der Waals surface area contributed by atoms with Gasteiger partial charge in [0.05, 0.1) is 13.1 Å². The van der Waals surface area contributed by atoms with E-state index in [1.807, 2.05) is 0 Å². The standard InChI is InChI=1S/C24H28F2N8O5/c25-22(26)7-6-12-11(8-22)2-1-3-13(12)19(37)30-15-10-34-21(28)29-14(9-33-16(35)4-5-17(33)36)18-23(34,24(15,38)39)32-20(27)31-18/h1-3,14-15,18,38-39H,4-10H2,(H6,27,28,29,30,31,32,37)/p+2/t14-,15?,18-,23-/m0/s1. The summed E-state index contributed by atoms with van der Waals surface area (Å²) in [5.41, 5.74) is 11.6. The Hall–Kier alpha value is -3.85. The molecule has 13 nitrogen and oxygen atoms in total. The highest BCUT2D eigenvalue weighted by molar-refractivity contribution is 6.02. The molecule has 0 radical (unpaired) electrons. The van der Waals surface area contributed by atoms with Crippen LogP contribution in [0.5, 0.6) is 0 Å². The maximum absolute atomic E-state index is 14.0. The quantitative estimate of drug-likeness (QED) is 0.103. The molecule has 0 bridgehead atoms. The molecule has 39 heavy (non-hydrogen) atoms. The molecular formula is C24H30F2N8O5+2. The van der Waals surface area contributed by atoms with Gasteiger partial charge in [-0.05, 0) is 23.6 Å². The van der Waals surface area contributed by atoms with E-state index in [-0.39, 0.29) is 68.1 Å². The molecule has 1 spiro atoms. The van der Waals surface area contributed by atoms with Crippen LogP contribution in [-0.4, -0.2) is 97.9 Å². The second-order valence-corrected chi connectivity index (χ2v) is 10.8. The molecule has 4 atom stereocenters. The molecule has 1 aromatic rings. The maximum atomic E-state index is 14.0. The highest BCUT2D eigenvalue weighted by atomic mass is 19.3. The number of imide groups is 1. The number of halogens is 2. The lowest BCUT2D eigenvalue weighted by molar-refractivity contribution is -0.674. The number of guanidine groups is 2. The van der Waals surface area contributed by atoms with Gasteiger partial charge in [0, 0.05) is 31.2 Å². The van der Waals surface area contributed by atoms with Gasteiger partial charge in [-0.15, -0.1) is 0 Å². The summed E-state index contributed by atoms with van der Waals surface area (Å²) in [6.07, 6.45) is -0.672. The molecule has 2 saturated heterocycles. The van der Waals surface area contributed by atoms with Crippen molar-refractivity contribution in [2.45, 2.75) is 67.6 Å². The highest BCUT2D eigenvalue weighted by Crippen LogP contribution is 2.39. The van der Waals surface area contributed by atoms with E-state index in [0.717, 1.165) is 4.90 Å². The van der Waals surface area contributed by atoms with E-state index >= 15 is 0 Å². The molecule has 5 aliphatic rings. The molecule has 4 heterocycles. The van der Waals surface area contributed by atoms with Gasteiger partial charge in [-0.3, -0.25) is 41.1 Å². The minimum atomic E-state index is -2.85. The molecule has 0 aromatic heterocycles. The topological polar surface area (TPSA) is 200 Å². The Balaban J connectivity index is 1.30. The Morgan fingerprint density at radius 1 is 1.21 bits per heavy atom. The normalized spacial score (nSPS) is 32.2. The number of nitrogens with two attached hydrogens (primary N) is 2. The molecule has 1 unspecified atom stereocenters. The van der Waals surface area contributed by atoms with Crippen molar-refractivity contribution >= 4 is 29.6 Å². The van der Waals surface area contributed by atoms with Crippen LogP contribution in [0.2, 0.25) is 0 Å². The van der Waals surface area contributed by atoms with Gasteiger partial charge in [0.2, 0.25) is 11.8 Å². The summed E-state index contributed by atoms with van der Waals surface area (Å²) in [4.78, 5) is 42.0. The smallest absolute Gasteiger partial charge is 0.347 e. The summed E-state index contributed by atoms with van der Waals surface area (Å²) in [6.45, 7) is -0.258. The number of nitrogens with zero attached hydrogens (tertiary/aromatic N) is 2. The van der Waals surface area contributed by atoms with E-state index < -0.39 is 47.8 Å². The number of hydrogen-bond donors (Lipinski definition) is 8. The lowest BCUT2D eigenvalue weighted by Crippen LogP contribution is -2.92. The monoisotopic (exact) mass is 548 g/mol. The number of benzene rings is 1. The molecular weight excluding hydrogens is 518 g/mol. The fourth-order valence-electron chi connectivity index (χ4n) is 6.64. The molecule has 15 heteroatoms. The van der Waals surface area contributed by atoms with Crippen molar-refractivity contribution in [3.8, 4) is 0 Å². The van der Waals surface area contributed by atoms with Crippen molar-refractivity contribution in [2.24, 2.45) is 11.5 Å². The number of aliphatic hydroxyl groups is 2. The third-order valence-corrected chi connectivity index (χ3v) is 8.50. The zero-order valence-electron chi connectivity index (χ0n) is 20.8. The Labute approximate surface area is 220 Å². The second kappa shape index (κ2) is 8.32. The molecule has 4 aliphatic heterocycles. The van der Waals surface area contributed by atoms with Crippen molar-refractivity contribution < 1.29 is 42.9 Å². The van der Waals surface area contributed by atoms with Gasteiger partial charge in [-0.25, -0.2) is 18.7 Å². The van der Waals surface area contributed by atoms with Gasteiger partial charge in [0.25, 0.3) is 23.3 Å². The average Bonchev–Trinajstić information content (AvgIpc) is 3.45. The molecule has 2 fully saturated rings. The van der Waals surface area contributed by atoms with Crippen LogP contribution in [-0.2, 0) is 22.4 Å². The number of hydrogen-bond acceptors (Lipinski definition) is 9. The number of carbonyl (C=O) groups is 3. The van der Waals surface area contributed by atoms with Gasteiger partial charge >= 0.3 is 11.9 Å². The largest absolute Gasteiger partial charge is 0.358 e. The van der Waals surface area contributed by atoms with Gasteiger partial charge < -0.3 is 15.5 Å². The summed E-state index contributed by atoms with van der Waals surface area (Å²) in [5, 5.41) is 31.8. The zero-order chi connectivity index (χ0) is 27.9. The fraction of sp³-hybridized carbons (Fsp3) is 0.542. The Bertz CT molecular complexity index is 1350. The van der Waals surface area contributed by atoms with Crippen LogP contribution < -0.4 is 32.4 Å². The summed E-state index contributed by atoms with van der Waals surface area (Å²) in [5.74, 6) is -6.85. The SMILES string of the molecule is NC1=[NH+][C@H]2[C@H](CN3C(=O)CCC3=O)NC(N)=[N+]3CC(NC(=O)c4cccc5c4CCC(F)(F)C5)C(O)(O)[C@]23N1. The van der Waals surface area contributed by atoms with Gasteiger partial charge in [0.1, 0.15) is 12.1 Å². The van der Waals surface area contributed by atoms with Gasteiger partial charge in [-0.2, -0.15) is 0 Å². The van der Waals surface area contributed by atoms with E-state index in [2.05, 4.69) is 20.9 Å². The number of carbonyl (C=O) groups excluding carboxylic acids is 3. The molecule has 6 rings (SSSR count). The molecule has 10 N–H and O–H groups in total. The van der Waals surface area contributed by atoms with Crippen molar-refractivity contribution in [2.75, 3.05) is 13.1 Å². The maximum Gasteiger partial charge on any atom is 0.347 e. The van der Waals surface area contributed by atoms with E-state index in [9.17, 15) is 33.4 Å². The van der Waals surface area contributed by atoms with Crippen LogP contribution in [0.4, 0.5) is 8.78 Å². The number of fused-ring (bicyclic) bond motifs is 1. The van der Waals surface area contributed by atoms with Crippen LogP contribution in [0.25, 0.3) is 0 Å². The first-order valence-electron chi connectivity index (χ1n) is 12.8. The van der Waals surface area contributed by atoms with Crippen LogP contribution in [0.1, 0.15) is 40.7 Å². The predicted molar refractivity (Wildman–Crippen MR) is 129 cm³/mol. The van der Waals surface area contributed by atoms with Gasteiger partial charge in [-0.1, -0.05) is 12.1 Å². The third kappa shape index (κ3) is 3.66. The summed E-state index contributed by atoms with van der Waals surface area (Å²) < 4.78 is 29.3.